The van der Waals surface area contributed by atoms with Gasteiger partial charge in [-0.25, -0.2) is 4.39 Å². The Balaban J connectivity index is 2.49. The van der Waals surface area contributed by atoms with Gasteiger partial charge < -0.3 is 10.3 Å². The van der Waals surface area contributed by atoms with Crippen molar-refractivity contribution in [2.45, 2.75) is 13.5 Å². The lowest BCUT2D eigenvalue weighted by molar-refractivity contribution is 0.426. The van der Waals surface area contributed by atoms with Crippen LogP contribution >= 0.6 is 0 Å². The number of hydrogen-bond donors (Lipinski definition) is 1. The molecule has 2 aromatic rings. The molecular formula is C11H11FN2O. The van der Waals surface area contributed by atoms with E-state index in [9.17, 15) is 4.39 Å². The zero-order chi connectivity index (χ0) is 10.8. The van der Waals surface area contributed by atoms with Crippen LogP contribution in [0, 0.1) is 12.7 Å². The lowest BCUT2D eigenvalue weighted by Crippen LogP contribution is -1.98. The van der Waals surface area contributed by atoms with Gasteiger partial charge in [-0.05, 0) is 31.2 Å². The summed E-state index contributed by atoms with van der Waals surface area (Å²) in [6.45, 7) is 2.20. The van der Waals surface area contributed by atoms with Crippen LogP contribution in [0.4, 0.5) is 4.39 Å². The Labute approximate surface area is 86.7 Å². The van der Waals surface area contributed by atoms with Crippen LogP contribution in [0.2, 0.25) is 0 Å². The van der Waals surface area contributed by atoms with E-state index in [1.54, 1.807) is 12.1 Å². The molecule has 1 aromatic heterocycles. The maximum absolute atomic E-state index is 12.7. The van der Waals surface area contributed by atoms with E-state index in [0.29, 0.717) is 12.3 Å². The van der Waals surface area contributed by atoms with E-state index in [2.05, 4.69) is 5.16 Å². The molecule has 0 aliphatic carbocycles. The zero-order valence-electron chi connectivity index (χ0n) is 8.33. The van der Waals surface area contributed by atoms with Crippen molar-refractivity contribution in [2.24, 2.45) is 5.73 Å². The summed E-state index contributed by atoms with van der Waals surface area (Å²) in [5, 5.41) is 3.84. The van der Waals surface area contributed by atoms with Gasteiger partial charge in [-0.15, -0.1) is 0 Å². The number of rotatable bonds is 2. The quantitative estimate of drug-likeness (QED) is 0.819. The average Bonchev–Trinajstić information content (AvgIpc) is 2.61. The maximum Gasteiger partial charge on any atom is 0.171 e. The number of nitrogens with zero attached hydrogens (tertiary/aromatic N) is 1. The second kappa shape index (κ2) is 3.82. The summed E-state index contributed by atoms with van der Waals surface area (Å²) in [5.41, 5.74) is 8.02. The topological polar surface area (TPSA) is 52.0 Å². The first-order valence-corrected chi connectivity index (χ1v) is 4.63. The summed E-state index contributed by atoms with van der Waals surface area (Å²) in [5.74, 6) is 0.347. The standard InChI is InChI=1S/C11H11FN2O/c1-7-10(6-13)11(15-14-7)8-2-4-9(12)5-3-8/h2-5H,6,13H2,1H3. The fraction of sp³-hybridized carbons (Fsp3) is 0.182. The van der Waals surface area contributed by atoms with E-state index in [4.69, 9.17) is 10.3 Å². The van der Waals surface area contributed by atoms with Gasteiger partial charge in [-0.3, -0.25) is 0 Å². The van der Waals surface area contributed by atoms with Crippen LogP contribution in [-0.4, -0.2) is 5.16 Å². The zero-order valence-corrected chi connectivity index (χ0v) is 8.33. The molecule has 78 valence electrons. The molecule has 3 nitrogen and oxygen atoms in total. The molecule has 4 heteroatoms. The number of halogens is 1. The Kier molecular flexibility index (Phi) is 2.51. The highest BCUT2D eigenvalue weighted by molar-refractivity contribution is 5.61. The van der Waals surface area contributed by atoms with Gasteiger partial charge in [0.25, 0.3) is 0 Å². The Bertz CT molecular complexity index is 462. The predicted molar refractivity (Wildman–Crippen MR) is 54.5 cm³/mol. The van der Waals surface area contributed by atoms with Crippen molar-refractivity contribution in [3.8, 4) is 11.3 Å². The largest absolute Gasteiger partial charge is 0.356 e. The second-order valence-electron chi connectivity index (χ2n) is 3.29. The van der Waals surface area contributed by atoms with Crippen molar-refractivity contribution in [2.75, 3.05) is 0 Å². The second-order valence-corrected chi connectivity index (χ2v) is 3.29. The summed E-state index contributed by atoms with van der Waals surface area (Å²) in [7, 11) is 0. The Hall–Kier alpha value is -1.68. The van der Waals surface area contributed by atoms with Crippen LogP contribution in [-0.2, 0) is 6.54 Å². The Morgan fingerprint density at radius 2 is 2.00 bits per heavy atom. The average molecular weight is 206 g/mol. The number of aryl methyl sites for hydroxylation is 1. The minimum Gasteiger partial charge on any atom is -0.356 e. The molecule has 0 aliphatic heterocycles. The Morgan fingerprint density at radius 3 is 2.60 bits per heavy atom. The van der Waals surface area contributed by atoms with E-state index in [1.165, 1.54) is 12.1 Å². The minimum absolute atomic E-state index is 0.274. The van der Waals surface area contributed by atoms with Crippen molar-refractivity contribution in [1.82, 2.24) is 5.16 Å². The fourth-order valence-corrected chi connectivity index (χ4v) is 1.46. The smallest absolute Gasteiger partial charge is 0.171 e. The molecule has 0 bridgehead atoms. The number of nitrogens with two attached hydrogens (primary N) is 1. The molecule has 0 amide bonds. The molecule has 0 saturated carbocycles. The number of aromatic nitrogens is 1. The molecule has 0 radical (unpaired) electrons. The number of benzene rings is 1. The molecular weight excluding hydrogens is 195 g/mol. The maximum atomic E-state index is 12.7. The minimum atomic E-state index is -0.274. The van der Waals surface area contributed by atoms with E-state index in [0.717, 1.165) is 16.8 Å². The molecule has 15 heavy (non-hydrogen) atoms. The van der Waals surface area contributed by atoms with E-state index >= 15 is 0 Å². The van der Waals surface area contributed by atoms with Crippen molar-refractivity contribution >= 4 is 0 Å². The first-order chi connectivity index (χ1) is 7.22. The summed E-state index contributed by atoms with van der Waals surface area (Å²) >= 11 is 0. The van der Waals surface area contributed by atoms with Gasteiger partial charge in [0.2, 0.25) is 0 Å². The van der Waals surface area contributed by atoms with Gasteiger partial charge in [0.15, 0.2) is 5.76 Å². The van der Waals surface area contributed by atoms with E-state index in [-0.39, 0.29) is 5.82 Å². The van der Waals surface area contributed by atoms with Crippen molar-refractivity contribution in [3.05, 3.63) is 41.3 Å². The predicted octanol–water partition coefficient (Wildman–Crippen LogP) is 2.25. The first kappa shape index (κ1) is 9.86. The van der Waals surface area contributed by atoms with Gasteiger partial charge >= 0.3 is 0 Å². The summed E-state index contributed by atoms with van der Waals surface area (Å²) in [4.78, 5) is 0. The fourth-order valence-electron chi connectivity index (χ4n) is 1.46. The lowest BCUT2D eigenvalue weighted by atomic mass is 10.1. The van der Waals surface area contributed by atoms with Gasteiger partial charge in [-0.2, -0.15) is 0 Å². The van der Waals surface area contributed by atoms with Crippen LogP contribution in [0.5, 0.6) is 0 Å². The molecule has 1 aromatic carbocycles. The van der Waals surface area contributed by atoms with Crippen LogP contribution < -0.4 is 5.73 Å². The molecule has 0 fully saturated rings. The third-order valence-electron chi connectivity index (χ3n) is 2.30. The monoisotopic (exact) mass is 206 g/mol. The van der Waals surface area contributed by atoms with Crippen molar-refractivity contribution < 1.29 is 8.91 Å². The molecule has 0 saturated heterocycles. The number of hydrogen-bond acceptors (Lipinski definition) is 3. The normalized spacial score (nSPS) is 10.6. The molecule has 1 heterocycles. The highest BCUT2D eigenvalue weighted by atomic mass is 19.1. The first-order valence-electron chi connectivity index (χ1n) is 4.63. The van der Waals surface area contributed by atoms with Gasteiger partial charge in [-0.1, -0.05) is 5.16 Å². The van der Waals surface area contributed by atoms with Crippen LogP contribution in [0.25, 0.3) is 11.3 Å². The van der Waals surface area contributed by atoms with Crippen molar-refractivity contribution in [3.63, 3.8) is 0 Å². The molecule has 2 N–H and O–H groups in total. The van der Waals surface area contributed by atoms with E-state index < -0.39 is 0 Å². The third-order valence-corrected chi connectivity index (χ3v) is 2.30. The van der Waals surface area contributed by atoms with Crippen LogP contribution in [0.15, 0.2) is 28.8 Å². The lowest BCUT2D eigenvalue weighted by Gasteiger charge is -1.98. The van der Waals surface area contributed by atoms with E-state index in [1.807, 2.05) is 6.92 Å². The van der Waals surface area contributed by atoms with Crippen LogP contribution in [0.3, 0.4) is 0 Å². The molecule has 0 atom stereocenters. The van der Waals surface area contributed by atoms with Crippen molar-refractivity contribution in [1.29, 1.82) is 0 Å². The van der Waals surface area contributed by atoms with Gasteiger partial charge in [0.05, 0.1) is 5.69 Å². The SMILES string of the molecule is Cc1noc(-c2ccc(F)cc2)c1CN. The van der Waals surface area contributed by atoms with Gasteiger partial charge in [0, 0.05) is 17.7 Å². The highest BCUT2D eigenvalue weighted by Gasteiger charge is 2.12. The third kappa shape index (κ3) is 1.76. The Morgan fingerprint density at radius 1 is 1.33 bits per heavy atom. The molecule has 2 rings (SSSR count). The molecule has 0 aliphatic rings. The summed E-state index contributed by atoms with van der Waals surface area (Å²) < 4.78 is 17.9. The molecule has 0 unspecified atom stereocenters. The highest BCUT2D eigenvalue weighted by Crippen LogP contribution is 2.25. The summed E-state index contributed by atoms with van der Waals surface area (Å²) in [6.07, 6.45) is 0. The summed E-state index contributed by atoms with van der Waals surface area (Å²) in [6, 6.07) is 6.06. The molecule has 0 spiro atoms. The van der Waals surface area contributed by atoms with Crippen LogP contribution in [0.1, 0.15) is 11.3 Å². The van der Waals surface area contributed by atoms with Gasteiger partial charge in [0.1, 0.15) is 5.82 Å².